The molecule has 2 atom stereocenters. The molecule has 0 radical (unpaired) electrons. The van der Waals surface area contributed by atoms with Crippen molar-refractivity contribution in [2.24, 2.45) is 10.9 Å². The molecular weight excluding hydrogens is 547 g/mol. The number of rotatable bonds is 6. The summed E-state index contributed by atoms with van der Waals surface area (Å²) in [5, 5.41) is 21.4. The average Bonchev–Trinajstić information content (AvgIpc) is 3.40. The third kappa shape index (κ3) is 6.43. The van der Waals surface area contributed by atoms with Crippen molar-refractivity contribution in [2.75, 3.05) is 16.4 Å². The van der Waals surface area contributed by atoms with Crippen molar-refractivity contribution in [3.05, 3.63) is 91.7 Å². The summed E-state index contributed by atoms with van der Waals surface area (Å²) in [4.78, 5) is 30.7. The standard InChI is InChI=1S/C27H22Cl2N4O2S2/c1-15-3-6-20(11-22(15)29)32-23(34)14-37-27-21(12-30)25(17-9-10-36-13-17)24(16(2)31-27)26(35)33-19-7-4-18(28)5-8-19/h3-11,13,21,25H,14H2,1-2H3,(H,32,34)(H,33,35). The van der Waals surface area contributed by atoms with Crippen LogP contribution in [0.15, 0.2) is 75.6 Å². The number of anilines is 2. The molecule has 10 heteroatoms. The monoisotopic (exact) mass is 568 g/mol. The summed E-state index contributed by atoms with van der Waals surface area (Å²) >= 11 is 14.8. The van der Waals surface area contributed by atoms with Gasteiger partial charge in [-0.3, -0.25) is 9.59 Å². The fraction of sp³-hybridized carbons (Fsp3) is 0.185. The Hall–Kier alpha value is -3.09. The Bertz CT molecular complexity index is 1430. The molecule has 0 saturated heterocycles. The molecule has 2 N–H and O–H groups in total. The number of hydrogen-bond donors (Lipinski definition) is 2. The molecule has 2 amide bonds. The predicted octanol–water partition coefficient (Wildman–Crippen LogP) is 7.28. The number of nitrogens with zero attached hydrogens (tertiary/aromatic N) is 2. The lowest BCUT2D eigenvalue weighted by Gasteiger charge is -2.29. The summed E-state index contributed by atoms with van der Waals surface area (Å²) in [6.45, 7) is 3.63. The van der Waals surface area contributed by atoms with Crippen molar-refractivity contribution < 1.29 is 9.59 Å². The quantitative estimate of drug-likeness (QED) is 0.326. The Kier molecular flexibility index (Phi) is 8.72. The second kappa shape index (κ2) is 12.0. The zero-order chi connectivity index (χ0) is 26.5. The number of amides is 2. The zero-order valence-corrected chi connectivity index (χ0v) is 23.1. The van der Waals surface area contributed by atoms with Crippen LogP contribution in [0, 0.1) is 24.2 Å². The summed E-state index contributed by atoms with van der Waals surface area (Å²) in [6.07, 6.45) is 0. The van der Waals surface area contributed by atoms with Gasteiger partial charge in [0.25, 0.3) is 5.91 Å². The first-order valence-electron chi connectivity index (χ1n) is 11.2. The number of aryl methyl sites for hydroxylation is 1. The number of nitrogens with one attached hydrogen (secondary N) is 2. The van der Waals surface area contributed by atoms with E-state index in [0.717, 1.165) is 11.1 Å². The Morgan fingerprint density at radius 1 is 1.08 bits per heavy atom. The molecule has 0 fully saturated rings. The van der Waals surface area contributed by atoms with Gasteiger partial charge in [-0.15, -0.1) is 0 Å². The molecule has 188 valence electrons. The number of hydrogen-bond acceptors (Lipinski definition) is 6. The maximum Gasteiger partial charge on any atom is 0.254 e. The van der Waals surface area contributed by atoms with Crippen LogP contribution < -0.4 is 10.6 Å². The number of benzene rings is 2. The van der Waals surface area contributed by atoms with Crippen molar-refractivity contribution in [3.8, 4) is 6.07 Å². The zero-order valence-electron chi connectivity index (χ0n) is 19.9. The minimum atomic E-state index is -0.726. The molecule has 37 heavy (non-hydrogen) atoms. The lowest BCUT2D eigenvalue weighted by Crippen LogP contribution is -2.31. The van der Waals surface area contributed by atoms with E-state index in [1.165, 1.54) is 23.1 Å². The van der Waals surface area contributed by atoms with E-state index in [-0.39, 0.29) is 17.6 Å². The van der Waals surface area contributed by atoms with Crippen molar-refractivity contribution in [1.29, 1.82) is 5.26 Å². The number of thioether (sulfide) groups is 1. The Morgan fingerprint density at radius 3 is 2.46 bits per heavy atom. The maximum atomic E-state index is 13.4. The number of aliphatic imine (C=N–C) groups is 1. The minimum Gasteiger partial charge on any atom is -0.325 e. The van der Waals surface area contributed by atoms with Gasteiger partial charge in [0.1, 0.15) is 5.92 Å². The average molecular weight is 570 g/mol. The van der Waals surface area contributed by atoms with Crippen LogP contribution in [0.3, 0.4) is 0 Å². The molecule has 0 saturated carbocycles. The van der Waals surface area contributed by atoms with Gasteiger partial charge in [0, 0.05) is 38.6 Å². The predicted molar refractivity (Wildman–Crippen MR) is 154 cm³/mol. The van der Waals surface area contributed by atoms with Crippen LogP contribution >= 0.6 is 46.3 Å². The molecule has 1 aromatic heterocycles. The molecule has 2 unspecified atom stereocenters. The van der Waals surface area contributed by atoms with Gasteiger partial charge in [0.15, 0.2) is 0 Å². The summed E-state index contributed by atoms with van der Waals surface area (Å²) < 4.78 is 0. The van der Waals surface area contributed by atoms with Crippen LogP contribution in [0.5, 0.6) is 0 Å². The molecule has 2 aromatic carbocycles. The molecule has 0 spiro atoms. The maximum absolute atomic E-state index is 13.4. The smallest absolute Gasteiger partial charge is 0.254 e. The lowest BCUT2D eigenvalue weighted by molar-refractivity contribution is -0.114. The minimum absolute atomic E-state index is 0.0540. The number of halogens is 2. The van der Waals surface area contributed by atoms with Crippen LogP contribution in [0.1, 0.15) is 24.0 Å². The fourth-order valence-corrected chi connectivity index (χ4v) is 5.86. The van der Waals surface area contributed by atoms with Gasteiger partial charge in [-0.2, -0.15) is 16.6 Å². The van der Waals surface area contributed by atoms with E-state index in [4.69, 9.17) is 23.2 Å². The normalized spacial score (nSPS) is 17.1. The van der Waals surface area contributed by atoms with E-state index in [0.29, 0.717) is 37.7 Å². The van der Waals surface area contributed by atoms with Crippen LogP contribution in [0.2, 0.25) is 10.0 Å². The van der Waals surface area contributed by atoms with Crippen LogP contribution in [-0.2, 0) is 9.59 Å². The highest BCUT2D eigenvalue weighted by atomic mass is 35.5. The first-order chi connectivity index (χ1) is 17.8. The van der Waals surface area contributed by atoms with Crippen molar-refractivity contribution in [2.45, 2.75) is 19.8 Å². The molecular formula is C27H22Cl2N4O2S2. The van der Waals surface area contributed by atoms with Crippen molar-refractivity contribution >= 4 is 74.5 Å². The summed E-state index contributed by atoms with van der Waals surface area (Å²) in [7, 11) is 0. The van der Waals surface area contributed by atoms with Crippen LogP contribution in [-0.4, -0.2) is 22.6 Å². The van der Waals surface area contributed by atoms with Crippen molar-refractivity contribution in [1.82, 2.24) is 0 Å². The molecule has 2 heterocycles. The Labute approximate surface area is 233 Å². The molecule has 1 aliphatic rings. The number of allylic oxidation sites excluding steroid dienone is 1. The summed E-state index contributed by atoms with van der Waals surface area (Å²) in [5.74, 6) is -1.78. The van der Waals surface area contributed by atoms with Gasteiger partial charge in [-0.25, -0.2) is 4.99 Å². The largest absolute Gasteiger partial charge is 0.325 e. The highest BCUT2D eigenvalue weighted by molar-refractivity contribution is 8.14. The molecule has 0 aliphatic carbocycles. The van der Waals surface area contributed by atoms with E-state index >= 15 is 0 Å². The first kappa shape index (κ1) is 27.0. The molecule has 4 rings (SSSR count). The van der Waals surface area contributed by atoms with Crippen LogP contribution in [0.25, 0.3) is 0 Å². The van der Waals surface area contributed by atoms with E-state index in [2.05, 4.69) is 21.7 Å². The lowest BCUT2D eigenvalue weighted by atomic mass is 9.79. The Balaban J connectivity index is 1.58. The number of carbonyl (C=O) groups is 2. The molecule has 1 aliphatic heterocycles. The molecule has 6 nitrogen and oxygen atoms in total. The third-order valence-electron chi connectivity index (χ3n) is 5.77. The topological polar surface area (TPSA) is 94.4 Å². The van der Waals surface area contributed by atoms with Gasteiger partial charge >= 0.3 is 0 Å². The SMILES string of the molecule is CC1=C(C(=O)Nc2ccc(Cl)cc2)C(c2ccsc2)C(C#N)C(SCC(=O)Nc2ccc(C)c(Cl)c2)=N1. The van der Waals surface area contributed by atoms with Gasteiger partial charge in [-0.1, -0.05) is 41.0 Å². The second-order valence-electron chi connectivity index (χ2n) is 8.35. The van der Waals surface area contributed by atoms with Crippen molar-refractivity contribution in [3.63, 3.8) is 0 Å². The van der Waals surface area contributed by atoms with E-state index in [1.54, 1.807) is 43.3 Å². The molecule has 3 aromatic rings. The number of carbonyl (C=O) groups excluding carboxylic acids is 2. The Morgan fingerprint density at radius 2 is 1.81 bits per heavy atom. The van der Waals surface area contributed by atoms with Gasteiger partial charge in [0.2, 0.25) is 5.91 Å². The van der Waals surface area contributed by atoms with Crippen LogP contribution in [0.4, 0.5) is 11.4 Å². The molecule has 0 bridgehead atoms. The highest BCUT2D eigenvalue weighted by Crippen LogP contribution is 2.42. The number of nitriles is 1. The first-order valence-corrected chi connectivity index (χ1v) is 13.9. The van der Waals surface area contributed by atoms with Gasteiger partial charge in [0.05, 0.1) is 16.9 Å². The van der Waals surface area contributed by atoms with E-state index < -0.39 is 11.8 Å². The van der Waals surface area contributed by atoms with Gasteiger partial charge in [-0.05, 0) is 78.2 Å². The summed E-state index contributed by atoms with van der Waals surface area (Å²) in [5.41, 5.74) is 3.87. The third-order valence-corrected chi connectivity index (χ3v) is 8.18. The van der Waals surface area contributed by atoms with E-state index in [9.17, 15) is 14.9 Å². The fourth-order valence-electron chi connectivity index (χ4n) is 3.94. The number of thiophene rings is 1. The summed E-state index contributed by atoms with van der Waals surface area (Å²) in [6, 6.07) is 16.4. The highest BCUT2D eigenvalue weighted by Gasteiger charge is 2.39. The van der Waals surface area contributed by atoms with E-state index in [1.807, 2.05) is 29.8 Å². The van der Waals surface area contributed by atoms with Gasteiger partial charge < -0.3 is 10.6 Å². The second-order valence-corrected chi connectivity index (χ2v) is 11.0.